The summed E-state index contributed by atoms with van der Waals surface area (Å²) >= 11 is 0. The van der Waals surface area contributed by atoms with Gasteiger partial charge < -0.3 is 4.52 Å². The molecule has 3 aromatic heterocycles. The van der Waals surface area contributed by atoms with Gasteiger partial charge in [-0.05, 0) is 26.0 Å². The zero-order valence-corrected chi connectivity index (χ0v) is 16.8. The number of hydrogen-bond donors (Lipinski definition) is 0. The fraction of sp³-hybridized carbons (Fsp3) is 0.0870. The van der Waals surface area contributed by atoms with Gasteiger partial charge in [0, 0.05) is 17.3 Å². The number of aryl methyl sites for hydroxylation is 2. The van der Waals surface area contributed by atoms with E-state index in [0.29, 0.717) is 23.0 Å². The van der Waals surface area contributed by atoms with Crippen molar-refractivity contribution in [2.75, 3.05) is 0 Å². The first-order chi connectivity index (χ1) is 15.1. The summed E-state index contributed by atoms with van der Waals surface area (Å²) in [5.41, 5.74) is 4.57. The molecule has 0 amide bonds. The van der Waals surface area contributed by atoms with Crippen LogP contribution in [0.15, 0.2) is 80.7 Å². The Labute approximate surface area is 176 Å². The first-order valence-electron chi connectivity index (χ1n) is 9.62. The highest BCUT2D eigenvalue weighted by atomic mass is 16.5. The number of aromatic nitrogens is 5. The Morgan fingerprint density at radius 3 is 2.19 bits per heavy atom. The molecule has 0 saturated heterocycles. The molecule has 0 bridgehead atoms. The normalized spacial score (nSPS) is 11.0. The van der Waals surface area contributed by atoms with Gasteiger partial charge >= 0.3 is 5.76 Å². The first kappa shape index (κ1) is 18.7. The second-order valence-corrected chi connectivity index (χ2v) is 7.13. The highest BCUT2D eigenvalue weighted by molar-refractivity contribution is 5.67. The van der Waals surface area contributed by atoms with Gasteiger partial charge in [0.05, 0.1) is 5.69 Å². The van der Waals surface area contributed by atoms with Gasteiger partial charge in [0.15, 0.2) is 11.5 Å². The highest BCUT2D eigenvalue weighted by Crippen LogP contribution is 2.28. The molecule has 0 saturated carbocycles. The number of hydrogen-bond acceptors (Lipinski definition) is 7. The Bertz CT molecular complexity index is 1410. The van der Waals surface area contributed by atoms with Crippen LogP contribution in [-0.4, -0.2) is 24.8 Å². The highest BCUT2D eigenvalue weighted by Gasteiger charge is 2.22. The monoisotopic (exact) mass is 411 g/mol. The van der Waals surface area contributed by atoms with Crippen LogP contribution < -0.4 is 5.76 Å². The average Bonchev–Trinajstić information content (AvgIpc) is 3.42. The summed E-state index contributed by atoms with van der Waals surface area (Å²) < 4.78 is 11.8. The molecule has 0 aliphatic carbocycles. The predicted molar refractivity (Wildman–Crippen MR) is 114 cm³/mol. The van der Waals surface area contributed by atoms with Crippen LogP contribution in [-0.2, 0) is 0 Å². The lowest BCUT2D eigenvalue weighted by molar-refractivity contribution is 0.383. The second-order valence-electron chi connectivity index (χ2n) is 7.13. The fourth-order valence-corrected chi connectivity index (χ4v) is 3.23. The summed E-state index contributed by atoms with van der Waals surface area (Å²) in [6, 6.07) is 18.9. The second kappa shape index (κ2) is 7.49. The Hall–Kier alpha value is -4.33. The van der Waals surface area contributed by atoms with Crippen molar-refractivity contribution in [3.05, 3.63) is 88.5 Å². The molecule has 0 spiro atoms. The van der Waals surface area contributed by atoms with Crippen LogP contribution in [0.1, 0.15) is 11.1 Å². The van der Waals surface area contributed by atoms with E-state index in [1.807, 2.05) is 62.4 Å². The lowest BCUT2D eigenvalue weighted by atomic mass is 10.1. The SMILES string of the molecule is Cc1ccc(-c2noc(-c3ncccc3-n3c(-c4ccc(C)cc4)noc3=O)n2)cc1. The summed E-state index contributed by atoms with van der Waals surface area (Å²) in [6.45, 7) is 3.99. The molecule has 0 aliphatic rings. The van der Waals surface area contributed by atoms with Crippen molar-refractivity contribution in [1.29, 1.82) is 0 Å². The van der Waals surface area contributed by atoms with Crippen LogP contribution in [0.3, 0.4) is 0 Å². The van der Waals surface area contributed by atoms with Crippen molar-refractivity contribution in [2.45, 2.75) is 13.8 Å². The topological polar surface area (TPSA) is 99.8 Å². The van der Waals surface area contributed by atoms with E-state index in [1.54, 1.807) is 18.3 Å². The molecule has 0 atom stereocenters. The minimum absolute atomic E-state index is 0.189. The Morgan fingerprint density at radius 2 is 1.48 bits per heavy atom. The third-order valence-corrected chi connectivity index (χ3v) is 4.88. The summed E-state index contributed by atoms with van der Waals surface area (Å²) in [7, 11) is 0. The first-order valence-corrected chi connectivity index (χ1v) is 9.62. The molecule has 8 nitrogen and oxygen atoms in total. The maximum absolute atomic E-state index is 12.6. The minimum atomic E-state index is -0.636. The maximum atomic E-state index is 12.6. The molecule has 0 unspecified atom stereocenters. The van der Waals surface area contributed by atoms with Crippen molar-refractivity contribution in [3.8, 4) is 40.0 Å². The number of nitrogens with zero attached hydrogens (tertiary/aromatic N) is 5. The molecule has 0 fully saturated rings. The molecule has 5 rings (SSSR count). The van der Waals surface area contributed by atoms with Gasteiger partial charge in [-0.2, -0.15) is 4.98 Å². The van der Waals surface area contributed by atoms with E-state index in [2.05, 4.69) is 20.3 Å². The van der Waals surface area contributed by atoms with E-state index in [1.165, 1.54) is 4.57 Å². The van der Waals surface area contributed by atoms with Crippen LogP contribution in [0.25, 0.3) is 40.0 Å². The van der Waals surface area contributed by atoms with Crippen molar-refractivity contribution >= 4 is 0 Å². The standard InChI is InChI=1S/C23H17N5O3/c1-14-5-9-16(10-6-14)20-25-22(30-26-20)19-18(4-3-13-24-19)28-21(27-31-23(28)29)17-11-7-15(2)8-12-17/h3-13H,1-2H3. The molecular weight excluding hydrogens is 394 g/mol. The summed E-state index contributed by atoms with van der Waals surface area (Å²) in [6.07, 6.45) is 1.60. The van der Waals surface area contributed by atoms with Gasteiger partial charge in [0.1, 0.15) is 0 Å². The third kappa shape index (κ3) is 3.44. The number of rotatable bonds is 4. The zero-order chi connectivity index (χ0) is 21.4. The molecular formula is C23H17N5O3. The summed E-state index contributed by atoms with van der Waals surface area (Å²) in [4.78, 5) is 21.4. The maximum Gasteiger partial charge on any atom is 0.446 e. The lowest BCUT2D eigenvalue weighted by Gasteiger charge is -2.07. The largest absolute Gasteiger partial charge is 0.446 e. The van der Waals surface area contributed by atoms with E-state index in [4.69, 9.17) is 9.05 Å². The number of benzene rings is 2. The van der Waals surface area contributed by atoms with Crippen molar-refractivity contribution in [1.82, 2.24) is 24.8 Å². The van der Waals surface area contributed by atoms with Crippen LogP contribution in [0.5, 0.6) is 0 Å². The van der Waals surface area contributed by atoms with Gasteiger partial charge in [0.2, 0.25) is 5.82 Å². The summed E-state index contributed by atoms with van der Waals surface area (Å²) in [5.74, 6) is 0.345. The smallest absolute Gasteiger partial charge is 0.332 e. The van der Waals surface area contributed by atoms with Crippen LogP contribution >= 0.6 is 0 Å². The molecule has 0 N–H and O–H groups in total. The van der Waals surface area contributed by atoms with Gasteiger partial charge in [0.25, 0.3) is 5.89 Å². The van der Waals surface area contributed by atoms with E-state index in [0.717, 1.165) is 22.3 Å². The van der Waals surface area contributed by atoms with Crippen LogP contribution in [0, 0.1) is 13.8 Å². The van der Waals surface area contributed by atoms with E-state index < -0.39 is 5.76 Å². The van der Waals surface area contributed by atoms with Crippen LogP contribution in [0.4, 0.5) is 0 Å². The summed E-state index contributed by atoms with van der Waals surface area (Å²) in [5, 5.41) is 8.04. The number of pyridine rings is 1. The molecule has 3 heterocycles. The lowest BCUT2D eigenvalue weighted by Crippen LogP contribution is -2.14. The quantitative estimate of drug-likeness (QED) is 0.436. The predicted octanol–water partition coefficient (Wildman–Crippen LogP) is 4.22. The van der Waals surface area contributed by atoms with Crippen LogP contribution in [0.2, 0.25) is 0 Å². The van der Waals surface area contributed by atoms with Crippen molar-refractivity contribution in [2.24, 2.45) is 0 Å². The zero-order valence-electron chi connectivity index (χ0n) is 16.8. The molecule has 2 aromatic carbocycles. The molecule has 8 heteroatoms. The van der Waals surface area contributed by atoms with Crippen molar-refractivity contribution in [3.63, 3.8) is 0 Å². The van der Waals surface area contributed by atoms with Crippen molar-refractivity contribution < 1.29 is 9.05 Å². The van der Waals surface area contributed by atoms with E-state index >= 15 is 0 Å². The molecule has 152 valence electrons. The molecule has 0 radical (unpaired) electrons. The van der Waals surface area contributed by atoms with Gasteiger partial charge in [-0.1, -0.05) is 70.0 Å². The van der Waals surface area contributed by atoms with Gasteiger partial charge in [-0.15, -0.1) is 0 Å². The third-order valence-electron chi connectivity index (χ3n) is 4.88. The molecule has 31 heavy (non-hydrogen) atoms. The van der Waals surface area contributed by atoms with E-state index in [9.17, 15) is 4.79 Å². The minimum Gasteiger partial charge on any atom is -0.332 e. The van der Waals surface area contributed by atoms with Gasteiger partial charge in [-0.25, -0.2) is 14.3 Å². The fourth-order valence-electron chi connectivity index (χ4n) is 3.23. The van der Waals surface area contributed by atoms with E-state index in [-0.39, 0.29) is 5.89 Å². The Balaban J connectivity index is 1.62. The molecule has 0 aliphatic heterocycles. The Kier molecular flexibility index (Phi) is 4.51. The molecule has 5 aromatic rings. The van der Waals surface area contributed by atoms with Gasteiger partial charge in [-0.3, -0.25) is 4.52 Å². The Morgan fingerprint density at radius 1 is 0.806 bits per heavy atom. The average molecular weight is 411 g/mol.